The van der Waals surface area contributed by atoms with Crippen LogP contribution in [0.3, 0.4) is 0 Å². The molecule has 0 aromatic carbocycles. The third kappa shape index (κ3) is 5.96. The van der Waals surface area contributed by atoms with Gasteiger partial charge >= 0.3 is 5.97 Å². The topological polar surface area (TPSA) is 88.5 Å². The van der Waals surface area contributed by atoms with Crippen LogP contribution in [0.25, 0.3) is 0 Å². The van der Waals surface area contributed by atoms with Crippen LogP contribution in [0.2, 0.25) is 0 Å². The van der Waals surface area contributed by atoms with Crippen LogP contribution in [0.15, 0.2) is 24.5 Å². The molecule has 1 atom stereocenters. The van der Waals surface area contributed by atoms with Gasteiger partial charge in [-0.05, 0) is 24.1 Å². The molecule has 6 heteroatoms. The molecule has 0 radical (unpaired) electrons. The fourth-order valence-electron chi connectivity index (χ4n) is 1.57. The molecule has 0 aliphatic rings. The Bertz CT molecular complexity index is 408. The normalized spacial score (nSPS) is 11.8. The lowest BCUT2D eigenvalue weighted by molar-refractivity contribution is -0.142. The smallest absolute Gasteiger partial charge is 0.326 e. The number of methoxy groups -OCH3 is 1. The predicted molar refractivity (Wildman–Crippen MR) is 68.6 cm³/mol. The third-order valence-electron chi connectivity index (χ3n) is 2.63. The van der Waals surface area contributed by atoms with Crippen molar-refractivity contribution in [1.29, 1.82) is 0 Å². The number of carbonyl (C=O) groups excluding carboxylic acids is 1. The molecule has 0 saturated heterocycles. The molecule has 19 heavy (non-hydrogen) atoms. The Balaban J connectivity index is 2.38. The van der Waals surface area contributed by atoms with Crippen LogP contribution in [0.4, 0.5) is 0 Å². The van der Waals surface area contributed by atoms with Crippen molar-refractivity contribution in [2.24, 2.45) is 0 Å². The van der Waals surface area contributed by atoms with Gasteiger partial charge in [-0.2, -0.15) is 0 Å². The molecule has 0 aliphatic carbocycles. The van der Waals surface area contributed by atoms with Crippen molar-refractivity contribution < 1.29 is 19.4 Å². The Morgan fingerprint density at radius 3 is 2.68 bits per heavy atom. The fourth-order valence-corrected chi connectivity index (χ4v) is 1.57. The van der Waals surface area contributed by atoms with E-state index in [1.807, 2.05) is 12.1 Å². The highest BCUT2D eigenvalue weighted by molar-refractivity contribution is 5.83. The lowest BCUT2D eigenvalue weighted by Gasteiger charge is -2.13. The minimum atomic E-state index is -1.05. The number of rotatable bonds is 8. The first kappa shape index (κ1) is 15.1. The lowest BCUT2D eigenvalue weighted by Crippen LogP contribution is -2.41. The van der Waals surface area contributed by atoms with Gasteiger partial charge in [-0.25, -0.2) is 4.79 Å². The Morgan fingerprint density at radius 2 is 2.11 bits per heavy atom. The first-order valence-corrected chi connectivity index (χ1v) is 6.03. The zero-order valence-corrected chi connectivity index (χ0v) is 10.8. The average molecular weight is 266 g/mol. The molecule has 1 unspecified atom stereocenters. The molecule has 1 rings (SSSR count). The molecule has 0 bridgehead atoms. The second kappa shape index (κ2) is 8.20. The monoisotopic (exact) mass is 266 g/mol. The number of aryl methyl sites for hydroxylation is 1. The van der Waals surface area contributed by atoms with Crippen LogP contribution in [-0.4, -0.2) is 41.7 Å². The van der Waals surface area contributed by atoms with E-state index < -0.39 is 12.0 Å². The molecule has 0 spiro atoms. The minimum Gasteiger partial charge on any atom is -0.480 e. The number of amides is 1. The standard InChI is InChI=1S/C13H18N2O4/c1-19-9-6-11(13(17)18)15-12(16)3-2-10-4-7-14-8-5-10/h4-5,7-8,11H,2-3,6,9H2,1H3,(H,15,16)(H,17,18). The van der Waals surface area contributed by atoms with E-state index in [9.17, 15) is 9.59 Å². The van der Waals surface area contributed by atoms with Gasteiger partial charge in [0.1, 0.15) is 6.04 Å². The van der Waals surface area contributed by atoms with Crippen LogP contribution in [0.1, 0.15) is 18.4 Å². The average Bonchev–Trinajstić information content (AvgIpc) is 2.42. The molecule has 1 aromatic heterocycles. The van der Waals surface area contributed by atoms with Crippen LogP contribution in [-0.2, 0) is 20.7 Å². The maximum atomic E-state index is 11.7. The van der Waals surface area contributed by atoms with Crippen molar-refractivity contribution in [3.05, 3.63) is 30.1 Å². The number of carboxylic acid groups (broad SMARTS) is 1. The summed E-state index contributed by atoms with van der Waals surface area (Å²) < 4.78 is 4.81. The number of carbonyl (C=O) groups is 2. The van der Waals surface area contributed by atoms with Gasteiger partial charge in [-0.1, -0.05) is 0 Å². The zero-order valence-electron chi connectivity index (χ0n) is 10.8. The van der Waals surface area contributed by atoms with E-state index >= 15 is 0 Å². The number of aliphatic carboxylic acids is 1. The quantitative estimate of drug-likeness (QED) is 0.720. The van der Waals surface area contributed by atoms with Crippen molar-refractivity contribution >= 4 is 11.9 Å². The molecule has 0 fully saturated rings. The lowest BCUT2D eigenvalue weighted by atomic mass is 10.1. The summed E-state index contributed by atoms with van der Waals surface area (Å²) in [6, 6.07) is 2.75. The van der Waals surface area contributed by atoms with Crippen LogP contribution >= 0.6 is 0 Å². The predicted octanol–water partition coefficient (Wildman–Crippen LogP) is 0.620. The first-order chi connectivity index (χ1) is 9.13. The molecule has 1 heterocycles. The number of hydrogen-bond acceptors (Lipinski definition) is 4. The summed E-state index contributed by atoms with van der Waals surface area (Å²) in [5.41, 5.74) is 0.994. The van der Waals surface area contributed by atoms with E-state index in [1.165, 1.54) is 7.11 Å². The van der Waals surface area contributed by atoms with Crippen LogP contribution in [0, 0.1) is 0 Å². The summed E-state index contributed by atoms with van der Waals surface area (Å²) in [7, 11) is 1.49. The number of pyridine rings is 1. The minimum absolute atomic E-state index is 0.251. The van der Waals surface area contributed by atoms with Gasteiger partial charge in [0.05, 0.1) is 0 Å². The van der Waals surface area contributed by atoms with Crippen molar-refractivity contribution in [2.75, 3.05) is 13.7 Å². The maximum absolute atomic E-state index is 11.7. The summed E-state index contributed by atoms with van der Waals surface area (Å²) in [6.07, 6.45) is 4.39. The second-order valence-corrected chi connectivity index (χ2v) is 4.10. The zero-order chi connectivity index (χ0) is 14.1. The van der Waals surface area contributed by atoms with Crippen molar-refractivity contribution in [3.8, 4) is 0 Å². The van der Waals surface area contributed by atoms with E-state index in [0.29, 0.717) is 13.0 Å². The summed E-state index contributed by atoms with van der Waals surface area (Å²) in [5.74, 6) is -1.32. The van der Waals surface area contributed by atoms with E-state index in [1.54, 1.807) is 12.4 Å². The Hall–Kier alpha value is -1.95. The number of aromatic nitrogens is 1. The van der Waals surface area contributed by atoms with Gasteiger partial charge in [-0.15, -0.1) is 0 Å². The molecule has 6 nitrogen and oxygen atoms in total. The molecule has 104 valence electrons. The van der Waals surface area contributed by atoms with Gasteiger partial charge < -0.3 is 15.2 Å². The highest BCUT2D eigenvalue weighted by Crippen LogP contribution is 2.02. The van der Waals surface area contributed by atoms with Crippen molar-refractivity contribution in [3.63, 3.8) is 0 Å². The first-order valence-electron chi connectivity index (χ1n) is 6.03. The SMILES string of the molecule is COCCC(NC(=O)CCc1ccncc1)C(=O)O. The molecule has 2 N–H and O–H groups in total. The van der Waals surface area contributed by atoms with E-state index in [4.69, 9.17) is 9.84 Å². The van der Waals surface area contributed by atoms with Crippen LogP contribution in [0.5, 0.6) is 0 Å². The van der Waals surface area contributed by atoms with Gasteiger partial charge in [0, 0.05) is 39.0 Å². The largest absolute Gasteiger partial charge is 0.480 e. The number of hydrogen-bond donors (Lipinski definition) is 2. The summed E-state index contributed by atoms with van der Waals surface area (Å²) in [5, 5.41) is 11.4. The molecule has 0 aliphatic heterocycles. The third-order valence-corrected chi connectivity index (χ3v) is 2.63. The van der Waals surface area contributed by atoms with Crippen molar-refractivity contribution in [1.82, 2.24) is 10.3 Å². The van der Waals surface area contributed by atoms with Gasteiger partial charge in [0.25, 0.3) is 0 Å². The van der Waals surface area contributed by atoms with Gasteiger partial charge in [0.2, 0.25) is 5.91 Å². The molecular formula is C13H18N2O4. The molecule has 0 saturated carbocycles. The fraction of sp³-hybridized carbons (Fsp3) is 0.462. The van der Waals surface area contributed by atoms with Gasteiger partial charge in [0.15, 0.2) is 0 Å². The number of ether oxygens (including phenoxy) is 1. The summed E-state index contributed by atoms with van der Waals surface area (Å²) >= 11 is 0. The highest BCUT2D eigenvalue weighted by atomic mass is 16.5. The second-order valence-electron chi connectivity index (χ2n) is 4.10. The highest BCUT2D eigenvalue weighted by Gasteiger charge is 2.19. The van der Waals surface area contributed by atoms with Crippen LogP contribution < -0.4 is 5.32 Å². The molecular weight excluding hydrogens is 248 g/mol. The number of nitrogens with zero attached hydrogens (tertiary/aromatic N) is 1. The molecule has 1 amide bonds. The summed E-state index contributed by atoms with van der Waals surface area (Å²) in [4.78, 5) is 26.5. The van der Waals surface area contributed by atoms with Gasteiger partial charge in [-0.3, -0.25) is 9.78 Å². The van der Waals surface area contributed by atoms with E-state index in [-0.39, 0.29) is 18.7 Å². The number of carboxylic acids is 1. The number of nitrogens with one attached hydrogen (secondary N) is 1. The van der Waals surface area contributed by atoms with Crippen molar-refractivity contribution in [2.45, 2.75) is 25.3 Å². The Kier molecular flexibility index (Phi) is 6.52. The maximum Gasteiger partial charge on any atom is 0.326 e. The van der Waals surface area contributed by atoms with E-state index in [2.05, 4.69) is 10.3 Å². The Morgan fingerprint density at radius 1 is 1.42 bits per heavy atom. The van der Waals surface area contributed by atoms with E-state index in [0.717, 1.165) is 5.56 Å². The Labute approximate surface area is 111 Å². The molecule has 1 aromatic rings. The summed E-state index contributed by atoms with van der Waals surface area (Å²) in [6.45, 7) is 0.293.